The van der Waals surface area contributed by atoms with E-state index in [1.165, 1.54) is 0 Å². The van der Waals surface area contributed by atoms with Crippen LogP contribution in [0.2, 0.25) is 0 Å². The molecule has 0 aliphatic carbocycles. The predicted octanol–water partition coefficient (Wildman–Crippen LogP) is -2.53. The SMILES string of the molecule is CCSCC[C@H](N)C(=O)CC(=O)C(=O)[O-].CCSCC[C@H](N)C(=O)CC(=O)C(=O)[O-].[Fe+2]. The first-order valence-electron chi connectivity index (χ1n) is 9.18. The first kappa shape index (κ1) is 34.4. The summed E-state index contributed by atoms with van der Waals surface area (Å²) in [6.45, 7) is 3.97. The van der Waals surface area contributed by atoms with Gasteiger partial charge in [0.05, 0.1) is 24.9 Å². The third-order valence-corrected chi connectivity index (χ3v) is 5.37. The number of aliphatic carboxylic acids is 2. The van der Waals surface area contributed by atoms with E-state index in [9.17, 15) is 39.0 Å². The standard InChI is InChI=1S/2C9H15NO4S.Fe/c2*1-2-15-4-3-6(10)7(11)5-8(12)9(13)14;/h2*6H,2-5,10H2,1H3,(H,13,14);/q;;+2/p-2/t2*6-;/m00./s1. The monoisotopic (exact) mass is 520 g/mol. The molecule has 10 nitrogen and oxygen atoms in total. The molecule has 0 aliphatic rings. The predicted molar refractivity (Wildman–Crippen MR) is 110 cm³/mol. The molecule has 0 amide bonds. The summed E-state index contributed by atoms with van der Waals surface area (Å²) in [6.07, 6.45) is -0.421. The summed E-state index contributed by atoms with van der Waals surface area (Å²) in [4.78, 5) is 63.8. The van der Waals surface area contributed by atoms with Crippen molar-refractivity contribution >= 4 is 58.6 Å². The van der Waals surface area contributed by atoms with Gasteiger partial charge < -0.3 is 31.3 Å². The second-order valence-electron chi connectivity index (χ2n) is 5.89. The summed E-state index contributed by atoms with van der Waals surface area (Å²) in [5.41, 5.74) is 11.0. The minimum absolute atomic E-state index is 0. The van der Waals surface area contributed by atoms with Gasteiger partial charge in [0.15, 0.2) is 23.1 Å². The number of hydrogen-bond acceptors (Lipinski definition) is 12. The molecule has 0 heterocycles. The molecule has 0 aromatic carbocycles. The van der Waals surface area contributed by atoms with E-state index in [0.29, 0.717) is 12.8 Å². The summed E-state index contributed by atoms with van der Waals surface area (Å²) in [6, 6.07) is -1.51. The van der Waals surface area contributed by atoms with Crippen molar-refractivity contribution in [2.24, 2.45) is 11.5 Å². The second kappa shape index (κ2) is 20.7. The molecule has 0 bridgehead atoms. The van der Waals surface area contributed by atoms with E-state index in [1.54, 1.807) is 23.5 Å². The quantitative estimate of drug-likeness (QED) is 0.0937. The van der Waals surface area contributed by atoms with Crippen molar-refractivity contribution in [3.8, 4) is 0 Å². The summed E-state index contributed by atoms with van der Waals surface area (Å²) in [5, 5.41) is 20.1. The summed E-state index contributed by atoms with van der Waals surface area (Å²) < 4.78 is 0. The molecular weight excluding hydrogens is 492 g/mol. The molecule has 0 unspecified atom stereocenters. The van der Waals surface area contributed by atoms with Crippen LogP contribution in [0.1, 0.15) is 39.5 Å². The number of Topliss-reactive ketones (excluding diaryl/α,β-unsaturated/α-hetero) is 4. The molecule has 0 saturated carbocycles. The topological polar surface area (TPSA) is 201 Å². The second-order valence-corrected chi connectivity index (χ2v) is 8.68. The van der Waals surface area contributed by atoms with Crippen molar-refractivity contribution < 1.29 is 56.0 Å². The van der Waals surface area contributed by atoms with Gasteiger partial charge >= 0.3 is 17.1 Å². The number of carbonyl (C=O) groups is 6. The van der Waals surface area contributed by atoms with Crippen molar-refractivity contribution in [1.82, 2.24) is 0 Å². The summed E-state index contributed by atoms with van der Waals surface area (Å²) >= 11 is 3.27. The van der Waals surface area contributed by atoms with Crippen LogP contribution in [0.5, 0.6) is 0 Å². The number of nitrogens with two attached hydrogens (primary N) is 2. The van der Waals surface area contributed by atoms with Crippen LogP contribution in [-0.2, 0) is 45.8 Å². The van der Waals surface area contributed by atoms with Crippen molar-refractivity contribution in [3.63, 3.8) is 0 Å². The summed E-state index contributed by atoms with van der Waals surface area (Å²) in [5.74, 6) is -3.86. The van der Waals surface area contributed by atoms with Gasteiger partial charge in [-0.15, -0.1) is 0 Å². The van der Waals surface area contributed by atoms with Gasteiger partial charge in [-0.25, -0.2) is 0 Å². The zero-order valence-corrected chi connectivity index (χ0v) is 20.1. The smallest absolute Gasteiger partial charge is 0.542 e. The van der Waals surface area contributed by atoms with Crippen molar-refractivity contribution in [3.05, 3.63) is 0 Å². The van der Waals surface area contributed by atoms with Crippen molar-refractivity contribution in [2.45, 2.75) is 51.6 Å². The van der Waals surface area contributed by atoms with Crippen molar-refractivity contribution in [2.75, 3.05) is 23.0 Å². The molecule has 0 rings (SSSR count). The number of carboxylic acids is 2. The number of carbonyl (C=O) groups excluding carboxylic acids is 6. The molecule has 4 N–H and O–H groups in total. The fourth-order valence-electron chi connectivity index (χ4n) is 1.75. The van der Waals surface area contributed by atoms with Gasteiger partial charge in [-0.2, -0.15) is 23.5 Å². The number of carboxylic acid groups (broad SMARTS) is 2. The molecule has 178 valence electrons. The maximum absolute atomic E-state index is 11.2. The molecule has 31 heavy (non-hydrogen) atoms. The van der Waals surface area contributed by atoms with Crippen LogP contribution in [0.4, 0.5) is 0 Å². The fourth-order valence-corrected chi connectivity index (χ4v) is 3.17. The Morgan fingerprint density at radius 1 is 0.710 bits per heavy atom. The van der Waals surface area contributed by atoms with E-state index >= 15 is 0 Å². The van der Waals surface area contributed by atoms with Crippen LogP contribution in [0.25, 0.3) is 0 Å². The van der Waals surface area contributed by atoms with E-state index in [0.717, 1.165) is 23.0 Å². The molecule has 0 spiro atoms. The first-order valence-corrected chi connectivity index (χ1v) is 11.5. The molecular formula is C18H28FeN2O8S2. The molecule has 0 aromatic heterocycles. The Balaban J connectivity index is -0.000000490. The maximum atomic E-state index is 11.2. The maximum Gasteiger partial charge on any atom is 2.00 e. The van der Waals surface area contributed by atoms with Gasteiger partial charge in [-0.05, 0) is 35.9 Å². The Labute approximate surface area is 200 Å². The van der Waals surface area contributed by atoms with Gasteiger partial charge in [0.2, 0.25) is 0 Å². The Morgan fingerprint density at radius 2 is 1.00 bits per heavy atom. The average Bonchev–Trinajstić information content (AvgIpc) is 2.68. The van der Waals surface area contributed by atoms with Crippen LogP contribution in [0.15, 0.2) is 0 Å². The van der Waals surface area contributed by atoms with E-state index in [-0.39, 0.29) is 17.1 Å². The minimum Gasteiger partial charge on any atom is -0.542 e. The normalized spacial score (nSPS) is 11.7. The van der Waals surface area contributed by atoms with Crippen LogP contribution in [-0.4, -0.2) is 70.2 Å². The zero-order chi connectivity index (χ0) is 23.7. The van der Waals surface area contributed by atoms with Crippen LogP contribution < -0.4 is 21.7 Å². The Bertz CT molecular complexity index is 567. The zero-order valence-electron chi connectivity index (χ0n) is 17.4. The molecule has 0 fully saturated rings. The largest absolute Gasteiger partial charge is 2.00 e. The Hall–Kier alpha value is -1.24. The van der Waals surface area contributed by atoms with Gasteiger partial charge in [-0.1, -0.05) is 13.8 Å². The third-order valence-electron chi connectivity index (χ3n) is 3.51. The molecule has 13 heteroatoms. The van der Waals surface area contributed by atoms with Crippen LogP contribution in [0, 0.1) is 0 Å². The first-order chi connectivity index (χ1) is 14.0. The number of ketones is 4. The molecule has 2 atom stereocenters. The number of hydrogen-bond donors (Lipinski definition) is 2. The minimum atomic E-state index is -1.83. The molecule has 0 radical (unpaired) electrons. The third kappa shape index (κ3) is 19.2. The van der Waals surface area contributed by atoms with E-state index in [1.807, 2.05) is 13.8 Å². The summed E-state index contributed by atoms with van der Waals surface area (Å²) in [7, 11) is 0. The number of rotatable bonds is 16. The van der Waals surface area contributed by atoms with Gasteiger partial charge in [0.1, 0.15) is 11.9 Å². The van der Waals surface area contributed by atoms with E-state index in [2.05, 4.69) is 0 Å². The Morgan fingerprint density at radius 3 is 1.23 bits per heavy atom. The fraction of sp³-hybridized carbons (Fsp3) is 0.667. The van der Waals surface area contributed by atoms with Gasteiger partial charge in [0.25, 0.3) is 0 Å². The van der Waals surface area contributed by atoms with Gasteiger partial charge in [-0.3, -0.25) is 19.2 Å². The molecule has 0 aliphatic heterocycles. The Kier molecular flexibility index (Phi) is 22.9. The van der Waals surface area contributed by atoms with Crippen LogP contribution >= 0.6 is 23.5 Å². The van der Waals surface area contributed by atoms with Gasteiger partial charge in [0, 0.05) is 0 Å². The number of thioether (sulfide) groups is 2. The van der Waals surface area contributed by atoms with Crippen molar-refractivity contribution in [1.29, 1.82) is 0 Å². The van der Waals surface area contributed by atoms with E-state index in [4.69, 9.17) is 11.5 Å². The average molecular weight is 520 g/mol. The molecule has 0 saturated heterocycles. The van der Waals surface area contributed by atoms with Crippen LogP contribution in [0.3, 0.4) is 0 Å². The molecule has 0 aromatic rings. The van der Waals surface area contributed by atoms with E-state index < -0.39 is 60.0 Å².